The maximum atomic E-state index is 12.2. The fourth-order valence-electron chi connectivity index (χ4n) is 2.14. The fraction of sp³-hybridized carbons (Fsp3) is 0.375. The number of nitrogens with one attached hydrogen (secondary N) is 3. The third-order valence-electron chi connectivity index (χ3n) is 3.38. The number of halogens is 1. The van der Waals surface area contributed by atoms with E-state index in [4.69, 9.17) is 11.6 Å². The number of nitrogens with zero attached hydrogens (tertiary/aromatic N) is 2. The van der Waals surface area contributed by atoms with E-state index in [1.54, 1.807) is 30.5 Å². The molecule has 0 bridgehead atoms. The molecule has 0 aliphatic rings. The van der Waals surface area contributed by atoms with Gasteiger partial charge in [-0.1, -0.05) is 17.7 Å². The van der Waals surface area contributed by atoms with Crippen LogP contribution < -0.4 is 15.4 Å². The number of rotatable bonds is 8. The molecule has 1 aromatic carbocycles. The molecule has 3 N–H and O–H groups in total. The van der Waals surface area contributed by atoms with Crippen LogP contribution in [-0.2, 0) is 16.4 Å². The first-order valence-electron chi connectivity index (χ1n) is 8.01. The summed E-state index contributed by atoms with van der Waals surface area (Å²) in [6, 6.07) is 6.15. The van der Waals surface area contributed by atoms with E-state index in [9.17, 15) is 8.42 Å². The molecule has 142 valence electrons. The molecule has 10 heteroatoms. The maximum Gasteiger partial charge on any atom is 0.240 e. The topological polar surface area (TPSA) is 95.5 Å². The van der Waals surface area contributed by atoms with Gasteiger partial charge in [0.1, 0.15) is 0 Å². The molecule has 2 rings (SSSR count). The highest BCUT2D eigenvalue weighted by molar-refractivity contribution is 7.89. The van der Waals surface area contributed by atoms with E-state index in [1.807, 2.05) is 12.3 Å². The van der Waals surface area contributed by atoms with Crippen molar-refractivity contribution >= 4 is 38.9 Å². The van der Waals surface area contributed by atoms with Crippen molar-refractivity contribution in [2.75, 3.05) is 26.7 Å². The largest absolute Gasteiger partial charge is 0.356 e. The van der Waals surface area contributed by atoms with Gasteiger partial charge in [0, 0.05) is 43.5 Å². The quantitative estimate of drug-likeness (QED) is 0.347. The minimum Gasteiger partial charge on any atom is -0.356 e. The second-order valence-corrected chi connectivity index (χ2v) is 8.65. The smallest absolute Gasteiger partial charge is 0.240 e. The molecule has 7 nitrogen and oxygen atoms in total. The third-order valence-corrected chi connectivity index (χ3v) is 5.90. The standard InChI is InChI=1S/C16H22ClN5O2S2/c1-12-22-14(11-25-12)6-7-19-16(18-2)20-8-9-21-26(23,24)15-5-3-4-13(17)10-15/h3-5,10-11,21H,6-9H2,1-2H3,(H2,18,19,20). The molecule has 0 atom stereocenters. The average molecular weight is 416 g/mol. The summed E-state index contributed by atoms with van der Waals surface area (Å²) in [4.78, 5) is 8.66. The van der Waals surface area contributed by atoms with Crippen molar-refractivity contribution in [1.29, 1.82) is 0 Å². The van der Waals surface area contributed by atoms with Crippen LogP contribution in [0.4, 0.5) is 0 Å². The summed E-state index contributed by atoms with van der Waals surface area (Å²) in [5, 5.41) is 9.71. The molecule has 0 unspecified atom stereocenters. The fourth-order valence-corrected chi connectivity index (χ4v) is 4.12. The van der Waals surface area contributed by atoms with E-state index in [2.05, 4.69) is 25.3 Å². The molecule has 0 fully saturated rings. The Bertz CT molecular complexity index is 852. The van der Waals surface area contributed by atoms with Crippen LogP contribution in [0.2, 0.25) is 5.02 Å². The first-order valence-corrected chi connectivity index (χ1v) is 10.8. The molecule has 0 amide bonds. The lowest BCUT2D eigenvalue weighted by atomic mass is 10.3. The number of benzene rings is 1. The lowest BCUT2D eigenvalue weighted by molar-refractivity contribution is 0.580. The van der Waals surface area contributed by atoms with E-state index in [-0.39, 0.29) is 11.4 Å². The van der Waals surface area contributed by atoms with Crippen LogP contribution in [0.15, 0.2) is 39.5 Å². The zero-order valence-corrected chi connectivity index (χ0v) is 17.0. The van der Waals surface area contributed by atoms with Gasteiger partial charge in [-0.3, -0.25) is 4.99 Å². The summed E-state index contributed by atoms with van der Waals surface area (Å²) in [6.07, 6.45) is 0.798. The Balaban J connectivity index is 1.71. The van der Waals surface area contributed by atoms with Crippen molar-refractivity contribution in [3.8, 4) is 0 Å². The first kappa shape index (κ1) is 20.6. The molecular formula is C16H22ClN5O2S2. The molecule has 0 aliphatic heterocycles. The Morgan fingerprint density at radius 2 is 2.04 bits per heavy atom. The van der Waals surface area contributed by atoms with Crippen LogP contribution in [0.5, 0.6) is 0 Å². The highest BCUT2D eigenvalue weighted by atomic mass is 35.5. The Morgan fingerprint density at radius 3 is 2.69 bits per heavy atom. The van der Waals surface area contributed by atoms with Crippen LogP contribution in [0, 0.1) is 6.92 Å². The Morgan fingerprint density at radius 1 is 1.27 bits per heavy atom. The van der Waals surface area contributed by atoms with Crippen LogP contribution in [0.25, 0.3) is 0 Å². The van der Waals surface area contributed by atoms with Gasteiger partial charge in [-0.25, -0.2) is 18.1 Å². The first-order chi connectivity index (χ1) is 12.4. The van der Waals surface area contributed by atoms with E-state index in [0.717, 1.165) is 17.1 Å². The number of aromatic nitrogens is 1. The second kappa shape index (κ2) is 9.86. The number of guanidine groups is 1. The molecule has 0 radical (unpaired) electrons. The van der Waals surface area contributed by atoms with Crippen molar-refractivity contribution in [2.45, 2.75) is 18.2 Å². The van der Waals surface area contributed by atoms with Gasteiger partial charge in [0.25, 0.3) is 0 Å². The van der Waals surface area contributed by atoms with Crippen LogP contribution in [-0.4, -0.2) is 46.0 Å². The van der Waals surface area contributed by atoms with Crippen LogP contribution >= 0.6 is 22.9 Å². The minimum atomic E-state index is -3.58. The van der Waals surface area contributed by atoms with Crippen molar-refractivity contribution in [3.63, 3.8) is 0 Å². The number of thiazole rings is 1. The lowest BCUT2D eigenvalue weighted by Crippen LogP contribution is -2.42. The Kier molecular flexibility index (Phi) is 7.83. The number of hydrogen-bond donors (Lipinski definition) is 3. The van der Waals surface area contributed by atoms with Gasteiger partial charge in [-0.2, -0.15) is 0 Å². The molecular weight excluding hydrogens is 394 g/mol. The third kappa shape index (κ3) is 6.56. The van der Waals surface area contributed by atoms with E-state index in [1.165, 1.54) is 12.1 Å². The average Bonchev–Trinajstić information content (AvgIpc) is 3.02. The predicted octanol–water partition coefficient (Wildman–Crippen LogP) is 1.79. The number of sulfonamides is 1. The predicted molar refractivity (Wildman–Crippen MR) is 107 cm³/mol. The Labute approximate surface area is 163 Å². The SMILES string of the molecule is CN=C(NCCNS(=O)(=O)c1cccc(Cl)c1)NCCc1csc(C)n1. The summed E-state index contributed by atoms with van der Waals surface area (Å²) >= 11 is 7.46. The van der Waals surface area contributed by atoms with Crippen LogP contribution in [0.3, 0.4) is 0 Å². The maximum absolute atomic E-state index is 12.2. The summed E-state index contributed by atoms with van der Waals surface area (Å²) in [5.74, 6) is 0.610. The molecule has 0 saturated heterocycles. The molecule has 0 aliphatic carbocycles. The zero-order valence-electron chi connectivity index (χ0n) is 14.6. The van der Waals surface area contributed by atoms with Gasteiger partial charge in [0.2, 0.25) is 10.0 Å². The molecule has 0 spiro atoms. The second-order valence-electron chi connectivity index (χ2n) is 5.39. The van der Waals surface area contributed by atoms with E-state index < -0.39 is 10.0 Å². The summed E-state index contributed by atoms with van der Waals surface area (Å²) < 4.78 is 26.9. The number of hydrogen-bond acceptors (Lipinski definition) is 5. The summed E-state index contributed by atoms with van der Waals surface area (Å²) in [6.45, 7) is 3.29. The molecule has 0 saturated carbocycles. The van der Waals surface area contributed by atoms with Crippen molar-refractivity contribution in [1.82, 2.24) is 20.3 Å². The Hall–Kier alpha value is -1.68. The summed E-state index contributed by atoms with van der Waals surface area (Å²) in [5.41, 5.74) is 1.05. The van der Waals surface area contributed by atoms with Crippen molar-refractivity contribution in [2.24, 2.45) is 4.99 Å². The van der Waals surface area contributed by atoms with Crippen molar-refractivity contribution < 1.29 is 8.42 Å². The van der Waals surface area contributed by atoms with Gasteiger partial charge in [0.15, 0.2) is 5.96 Å². The molecule has 1 heterocycles. The van der Waals surface area contributed by atoms with Gasteiger partial charge in [-0.05, 0) is 25.1 Å². The number of aliphatic imine (C=N–C) groups is 1. The highest BCUT2D eigenvalue weighted by Crippen LogP contribution is 2.14. The normalized spacial score (nSPS) is 12.2. The summed E-state index contributed by atoms with van der Waals surface area (Å²) in [7, 11) is -1.91. The highest BCUT2D eigenvalue weighted by Gasteiger charge is 2.13. The van der Waals surface area contributed by atoms with Crippen LogP contribution in [0.1, 0.15) is 10.7 Å². The van der Waals surface area contributed by atoms with Gasteiger partial charge < -0.3 is 10.6 Å². The molecule has 26 heavy (non-hydrogen) atoms. The van der Waals surface area contributed by atoms with E-state index >= 15 is 0 Å². The molecule has 1 aromatic heterocycles. The van der Waals surface area contributed by atoms with Gasteiger partial charge in [0.05, 0.1) is 15.6 Å². The zero-order chi connectivity index (χ0) is 19.0. The van der Waals surface area contributed by atoms with Gasteiger partial charge >= 0.3 is 0 Å². The van der Waals surface area contributed by atoms with E-state index in [0.29, 0.717) is 24.1 Å². The molecule has 2 aromatic rings. The monoisotopic (exact) mass is 415 g/mol. The number of aryl methyl sites for hydroxylation is 1. The van der Waals surface area contributed by atoms with Crippen molar-refractivity contribution in [3.05, 3.63) is 45.4 Å². The lowest BCUT2D eigenvalue weighted by Gasteiger charge is -2.12. The minimum absolute atomic E-state index is 0.145. The van der Waals surface area contributed by atoms with Gasteiger partial charge in [-0.15, -0.1) is 11.3 Å².